The highest BCUT2D eigenvalue weighted by Crippen LogP contribution is 2.49. The molecule has 0 spiro atoms. The lowest BCUT2D eigenvalue weighted by molar-refractivity contribution is 0.0340. The second kappa shape index (κ2) is 7.02. The molecule has 0 aromatic carbocycles. The first-order valence-electron chi connectivity index (χ1n) is 9.45. The van der Waals surface area contributed by atoms with Crippen LogP contribution in [-0.4, -0.2) is 13.6 Å². The molecule has 2 aliphatic rings. The molecule has 2 fully saturated rings. The molecule has 5 unspecified atom stereocenters. The quantitative estimate of drug-likeness (QED) is 0.739. The van der Waals surface area contributed by atoms with Crippen LogP contribution in [0.2, 0.25) is 0 Å². The van der Waals surface area contributed by atoms with E-state index < -0.39 is 0 Å². The zero-order chi connectivity index (χ0) is 15.6. The maximum absolute atomic E-state index is 3.48. The molecule has 2 aliphatic carbocycles. The summed E-state index contributed by atoms with van der Waals surface area (Å²) >= 11 is 0. The van der Waals surface area contributed by atoms with Crippen LogP contribution in [0.1, 0.15) is 73.1 Å². The van der Waals surface area contributed by atoms with E-state index in [1.807, 2.05) is 0 Å². The molecule has 0 radical (unpaired) electrons. The Labute approximate surface area is 133 Å². The lowest BCUT2D eigenvalue weighted by Gasteiger charge is -2.47. The van der Waals surface area contributed by atoms with E-state index in [-0.39, 0.29) is 0 Å². The molecule has 0 aliphatic heterocycles. The molecule has 124 valence electrons. The molecule has 1 nitrogen and oxygen atoms in total. The lowest BCUT2D eigenvalue weighted by atomic mass is 9.59. The second-order valence-electron chi connectivity index (χ2n) is 9.54. The minimum absolute atomic E-state index is 0.495. The molecule has 0 bridgehead atoms. The smallest absolute Gasteiger partial charge is 0.00208 e. The van der Waals surface area contributed by atoms with E-state index in [4.69, 9.17) is 0 Å². The fourth-order valence-corrected chi connectivity index (χ4v) is 5.51. The first-order valence-corrected chi connectivity index (χ1v) is 9.45. The zero-order valence-corrected chi connectivity index (χ0v) is 15.4. The SMILES string of the molecule is CNCC1CCC(C(C)(C)C)CC1C1CC(C)CC(C)C1. The topological polar surface area (TPSA) is 12.0 Å². The highest BCUT2D eigenvalue weighted by Gasteiger charge is 2.40. The third-order valence-electron chi connectivity index (χ3n) is 6.56. The van der Waals surface area contributed by atoms with Gasteiger partial charge in [0, 0.05) is 0 Å². The number of nitrogens with one attached hydrogen (secondary N) is 1. The minimum atomic E-state index is 0.495. The summed E-state index contributed by atoms with van der Waals surface area (Å²) < 4.78 is 0. The van der Waals surface area contributed by atoms with Gasteiger partial charge in [0.15, 0.2) is 0 Å². The van der Waals surface area contributed by atoms with Gasteiger partial charge in [0.1, 0.15) is 0 Å². The predicted molar refractivity (Wildman–Crippen MR) is 93.4 cm³/mol. The van der Waals surface area contributed by atoms with Crippen molar-refractivity contribution in [1.29, 1.82) is 0 Å². The average Bonchev–Trinajstić information content (AvgIpc) is 2.37. The number of hydrogen-bond acceptors (Lipinski definition) is 1. The van der Waals surface area contributed by atoms with Crippen molar-refractivity contribution in [3.8, 4) is 0 Å². The Morgan fingerprint density at radius 3 is 2.05 bits per heavy atom. The molecular formula is C20H39N. The van der Waals surface area contributed by atoms with E-state index in [1.165, 1.54) is 45.1 Å². The van der Waals surface area contributed by atoms with E-state index >= 15 is 0 Å². The third kappa shape index (κ3) is 4.47. The van der Waals surface area contributed by atoms with Crippen LogP contribution in [0.4, 0.5) is 0 Å². The van der Waals surface area contributed by atoms with Gasteiger partial charge in [-0.05, 0) is 93.0 Å². The Morgan fingerprint density at radius 2 is 1.52 bits per heavy atom. The van der Waals surface area contributed by atoms with Gasteiger partial charge in [-0.3, -0.25) is 0 Å². The Hall–Kier alpha value is -0.0400. The second-order valence-corrected chi connectivity index (χ2v) is 9.54. The van der Waals surface area contributed by atoms with Crippen molar-refractivity contribution in [2.75, 3.05) is 13.6 Å². The number of hydrogen-bond donors (Lipinski definition) is 1. The molecule has 21 heavy (non-hydrogen) atoms. The van der Waals surface area contributed by atoms with Crippen LogP contribution in [0, 0.1) is 40.9 Å². The summed E-state index contributed by atoms with van der Waals surface area (Å²) in [6, 6.07) is 0. The first kappa shape index (κ1) is 17.3. The van der Waals surface area contributed by atoms with Crippen molar-refractivity contribution in [1.82, 2.24) is 5.32 Å². The summed E-state index contributed by atoms with van der Waals surface area (Å²) in [7, 11) is 2.14. The van der Waals surface area contributed by atoms with Crippen molar-refractivity contribution in [2.45, 2.75) is 73.1 Å². The van der Waals surface area contributed by atoms with E-state index in [2.05, 4.69) is 47.0 Å². The Morgan fingerprint density at radius 1 is 0.905 bits per heavy atom. The molecule has 5 atom stereocenters. The summed E-state index contributed by atoms with van der Waals surface area (Å²) in [5.41, 5.74) is 0.495. The van der Waals surface area contributed by atoms with Gasteiger partial charge in [-0.1, -0.05) is 34.6 Å². The third-order valence-corrected chi connectivity index (χ3v) is 6.56. The van der Waals surface area contributed by atoms with Crippen molar-refractivity contribution < 1.29 is 0 Å². The van der Waals surface area contributed by atoms with Gasteiger partial charge in [0.25, 0.3) is 0 Å². The molecule has 2 saturated carbocycles. The lowest BCUT2D eigenvalue weighted by Crippen LogP contribution is -2.41. The number of rotatable bonds is 3. The summed E-state index contributed by atoms with van der Waals surface area (Å²) in [5.74, 6) is 5.72. The van der Waals surface area contributed by atoms with Crippen LogP contribution in [0.3, 0.4) is 0 Å². The summed E-state index contributed by atoms with van der Waals surface area (Å²) in [4.78, 5) is 0. The zero-order valence-electron chi connectivity index (χ0n) is 15.4. The molecule has 0 aromatic heterocycles. The van der Waals surface area contributed by atoms with Gasteiger partial charge in [-0.15, -0.1) is 0 Å². The fraction of sp³-hybridized carbons (Fsp3) is 1.00. The van der Waals surface area contributed by atoms with Gasteiger partial charge in [-0.25, -0.2) is 0 Å². The van der Waals surface area contributed by atoms with Gasteiger partial charge < -0.3 is 5.32 Å². The van der Waals surface area contributed by atoms with Crippen molar-refractivity contribution >= 4 is 0 Å². The monoisotopic (exact) mass is 293 g/mol. The van der Waals surface area contributed by atoms with Crippen LogP contribution in [0.25, 0.3) is 0 Å². The molecule has 0 aromatic rings. The normalized spacial score (nSPS) is 42.0. The molecule has 0 amide bonds. The van der Waals surface area contributed by atoms with Crippen LogP contribution >= 0.6 is 0 Å². The minimum Gasteiger partial charge on any atom is -0.319 e. The van der Waals surface area contributed by atoms with E-state index in [0.717, 1.165) is 35.5 Å². The summed E-state index contributed by atoms with van der Waals surface area (Å²) in [6.45, 7) is 13.6. The average molecular weight is 294 g/mol. The molecule has 1 heteroatoms. The Bertz CT molecular complexity index is 306. The highest BCUT2D eigenvalue weighted by molar-refractivity contribution is 4.91. The first-order chi connectivity index (χ1) is 9.81. The van der Waals surface area contributed by atoms with Gasteiger partial charge in [0.05, 0.1) is 0 Å². The standard InChI is InChI=1S/C20H39N/c1-14-9-15(2)11-17(10-14)19-12-18(20(3,4)5)8-7-16(19)13-21-6/h14-19,21H,7-13H2,1-6H3. The van der Waals surface area contributed by atoms with Gasteiger partial charge >= 0.3 is 0 Å². The van der Waals surface area contributed by atoms with Gasteiger partial charge in [0.2, 0.25) is 0 Å². The van der Waals surface area contributed by atoms with Crippen LogP contribution in [0.5, 0.6) is 0 Å². The summed E-state index contributed by atoms with van der Waals surface area (Å²) in [6.07, 6.45) is 8.83. The van der Waals surface area contributed by atoms with Crippen LogP contribution in [0.15, 0.2) is 0 Å². The predicted octanol–water partition coefficient (Wildman–Crippen LogP) is 5.36. The van der Waals surface area contributed by atoms with E-state index in [1.54, 1.807) is 0 Å². The van der Waals surface area contributed by atoms with Crippen molar-refractivity contribution in [3.05, 3.63) is 0 Å². The largest absolute Gasteiger partial charge is 0.319 e. The molecule has 1 N–H and O–H groups in total. The Balaban J connectivity index is 2.09. The summed E-state index contributed by atoms with van der Waals surface area (Å²) in [5, 5.41) is 3.48. The maximum Gasteiger partial charge on any atom is -0.00208 e. The van der Waals surface area contributed by atoms with E-state index in [0.29, 0.717) is 5.41 Å². The molecule has 0 saturated heterocycles. The molecular weight excluding hydrogens is 254 g/mol. The van der Waals surface area contributed by atoms with Gasteiger partial charge in [-0.2, -0.15) is 0 Å². The fourth-order valence-electron chi connectivity index (χ4n) is 5.51. The van der Waals surface area contributed by atoms with Crippen LogP contribution < -0.4 is 5.32 Å². The highest BCUT2D eigenvalue weighted by atomic mass is 14.8. The van der Waals surface area contributed by atoms with Crippen molar-refractivity contribution in [2.24, 2.45) is 40.9 Å². The molecule has 0 heterocycles. The van der Waals surface area contributed by atoms with Crippen LogP contribution in [-0.2, 0) is 0 Å². The van der Waals surface area contributed by atoms with Crippen molar-refractivity contribution in [3.63, 3.8) is 0 Å². The Kier molecular flexibility index (Phi) is 5.79. The van der Waals surface area contributed by atoms with E-state index in [9.17, 15) is 0 Å². The molecule has 2 rings (SSSR count). The maximum atomic E-state index is 3.48.